The van der Waals surface area contributed by atoms with Gasteiger partial charge in [0.15, 0.2) is 15.5 Å². The Balaban J connectivity index is 1.57. The lowest BCUT2D eigenvalue weighted by molar-refractivity contribution is 0.0436. The number of aromatic nitrogens is 3. The van der Waals surface area contributed by atoms with Crippen LogP contribution in [0.4, 0.5) is 0 Å². The summed E-state index contributed by atoms with van der Waals surface area (Å²) in [4.78, 5) is 16.2. The van der Waals surface area contributed by atoms with Crippen molar-refractivity contribution in [1.82, 2.24) is 19.9 Å². The van der Waals surface area contributed by atoms with Crippen LogP contribution in [0.3, 0.4) is 0 Å². The summed E-state index contributed by atoms with van der Waals surface area (Å²) in [6.45, 7) is 1.07. The predicted octanol–water partition coefficient (Wildman–Crippen LogP) is 1.08. The van der Waals surface area contributed by atoms with Crippen LogP contribution in [0.15, 0.2) is 36.5 Å². The van der Waals surface area contributed by atoms with E-state index in [2.05, 4.69) is 10.2 Å². The lowest BCUT2D eigenvalue weighted by Crippen LogP contribution is -2.45. The third kappa shape index (κ3) is 4.03. The van der Waals surface area contributed by atoms with E-state index < -0.39 is 9.84 Å². The first-order chi connectivity index (χ1) is 13.0. The molecule has 2 aliphatic heterocycles. The molecule has 27 heavy (non-hydrogen) atoms. The SMILES string of the molecule is O=C(c1cnn(-c2ccccc2)n1)N(CC1CCCO1)C1CCS(=O)(=O)C1. The van der Waals surface area contributed by atoms with Gasteiger partial charge in [0.25, 0.3) is 5.91 Å². The summed E-state index contributed by atoms with van der Waals surface area (Å²) in [5.41, 5.74) is 0.965. The minimum absolute atomic E-state index is 0.00170. The lowest BCUT2D eigenvalue weighted by Gasteiger charge is -2.29. The van der Waals surface area contributed by atoms with Gasteiger partial charge in [0.1, 0.15) is 0 Å². The number of ether oxygens (including phenoxy) is 1. The second kappa shape index (κ2) is 7.40. The van der Waals surface area contributed by atoms with Crippen molar-refractivity contribution in [2.75, 3.05) is 24.7 Å². The van der Waals surface area contributed by atoms with E-state index in [1.54, 1.807) is 4.90 Å². The molecule has 144 valence electrons. The number of hydrogen-bond donors (Lipinski definition) is 0. The second-order valence-electron chi connectivity index (χ2n) is 7.00. The van der Waals surface area contributed by atoms with Gasteiger partial charge >= 0.3 is 0 Å². The smallest absolute Gasteiger partial charge is 0.276 e. The molecule has 1 aromatic heterocycles. The average Bonchev–Trinajstić information content (AvgIpc) is 3.41. The maximum absolute atomic E-state index is 13.1. The molecule has 3 heterocycles. The molecule has 2 aromatic rings. The van der Waals surface area contributed by atoms with Gasteiger partial charge in [-0.1, -0.05) is 18.2 Å². The van der Waals surface area contributed by atoms with E-state index in [1.807, 2.05) is 30.3 Å². The number of nitrogens with zero attached hydrogens (tertiary/aromatic N) is 4. The van der Waals surface area contributed by atoms with Gasteiger partial charge in [0.2, 0.25) is 0 Å². The molecule has 0 saturated carbocycles. The largest absolute Gasteiger partial charge is 0.376 e. The third-order valence-electron chi connectivity index (χ3n) is 5.03. The fraction of sp³-hybridized carbons (Fsp3) is 0.500. The summed E-state index contributed by atoms with van der Waals surface area (Å²) in [6, 6.07) is 8.99. The Hall–Kier alpha value is -2.26. The van der Waals surface area contributed by atoms with E-state index in [4.69, 9.17) is 4.74 Å². The number of benzene rings is 1. The van der Waals surface area contributed by atoms with Crippen LogP contribution in [-0.2, 0) is 14.6 Å². The number of hydrogen-bond acceptors (Lipinski definition) is 6. The summed E-state index contributed by atoms with van der Waals surface area (Å²) in [5.74, 6) is -0.183. The lowest BCUT2D eigenvalue weighted by atomic mass is 10.1. The number of para-hydroxylation sites is 1. The Kier molecular flexibility index (Phi) is 4.96. The molecule has 2 atom stereocenters. The van der Waals surface area contributed by atoms with Gasteiger partial charge < -0.3 is 9.64 Å². The first-order valence-electron chi connectivity index (χ1n) is 9.12. The van der Waals surface area contributed by atoms with Crippen LogP contribution in [0.2, 0.25) is 0 Å². The number of rotatable bonds is 5. The van der Waals surface area contributed by atoms with Crippen LogP contribution in [0.1, 0.15) is 29.8 Å². The standard InChI is InChI=1S/C18H22N4O4S/c23-18(17-11-19-22(20-17)14-5-2-1-3-6-14)21(12-16-7-4-9-26-16)15-8-10-27(24,25)13-15/h1-3,5-6,11,15-16H,4,7-10,12-13H2. The highest BCUT2D eigenvalue weighted by molar-refractivity contribution is 7.91. The number of amides is 1. The molecule has 9 heteroatoms. The zero-order chi connectivity index (χ0) is 18.9. The van der Waals surface area contributed by atoms with Crippen molar-refractivity contribution >= 4 is 15.7 Å². The van der Waals surface area contributed by atoms with Crippen LogP contribution in [-0.4, -0.2) is 71.0 Å². The number of sulfone groups is 1. The highest BCUT2D eigenvalue weighted by Gasteiger charge is 2.37. The maximum Gasteiger partial charge on any atom is 0.276 e. The van der Waals surface area contributed by atoms with E-state index in [1.165, 1.54) is 11.0 Å². The zero-order valence-electron chi connectivity index (χ0n) is 14.9. The molecule has 0 radical (unpaired) electrons. The Labute approximate surface area is 158 Å². The Morgan fingerprint density at radius 2 is 2.07 bits per heavy atom. The van der Waals surface area contributed by atoms with Gasteiger partial charge in [-0.3, -0.25) is 4.79 Å². The van der Waals surface area contributed by atoms with Gasteiger partial charge in [0.05, 0.1) is 29.5 Å². The third-order valence-corrected chi connectivity index (χ3v) is 6.78. The Morgan fingerprint density at radius 1 is 1.26 bits per heavy atom. The van der Waals surface area contributed by atoms with Crippen molar-refractivity contribution in [3.63, 3.8) is 0 Å². The number of carbonyl (C=O) groups is 1. The summed E-state index contributed by atoms with van der Waals surface area (Å²) in [6.07, 6.45) is 3.66. The van der Waals surface area contributed by atoms with E-state index in [0.29, 0.717) is 19.6 Å². The fourth-order valence-electron chi connectivity index (χ4n) is 3.62. The molecular formula is C18H22N4O4S. The monoisotopic (exact) mass is 390 g/mol. The molecule has 2 aliphatic rings. The van der Waals surface area contributed by atoms with Gasteiger partial charge in [-0.05, 0) is 31.4 Å². The average molecular weight is 390 g/mol. The van der Waals surface area contributed by atoms with Crippen molar-refractivity contribution in [2.45, 2.75) is 31.4 Å². The molecule has 2 fully saturated rings. The van der Waals surface area contributed by atoms with Crippen molar-refractivity contribution in [3.05, 3.63) is 42.2 Å². The normalized spacial score (nSPS) is 24.1. The summed E-state index contributed by atoms with van der Waals surface area (Å²) >= 11 is 0. The molecule has 4 rings (SSSR count). The first kappa shape index (κ1) is 18.1. The van der Waals surface area contributed by atoms with Crippen LogP contribution in [0.25, 0.3) is 5.69 Å². The Bertz CT molecular complexity index is 906. The second-order valence-corrected chi connectivity index (χ2v) is 9.23. The minimum atomic E-state index is -3.10. The maximum atomic E-state index is 13.1. The molecule has 0 bridgehead atoms. The van der Waals surface area contributed by atoms with Crippen LogP contribution >= 0.6 is 0 Å². The first-order valence-corrected chi connectivity index (χ1v) is 10.9. The van der Waals surface area contributed by atoms with Crippen molar-refractivity contribution in [3.8, 4) is 5.69 Å². The highest BCUT2D eigenvalue weighted by Crippen LogP contribution is 2.23. The quantitative estimate of drug-likeness (QED) is 0.758. The van der Waals surface area contributed by atoms with E-state index >= 15 is 0 Å². The molecule has 2 saturated heterocycles. The zero-order valence-corrected chi connectivity index (χ0v) is 15.7. The molecule has 1 amide bonds. The van der Waals surface area contributed by atoms with E-state index in [9.17, 15) is 13.2 Å². The molecular weight excluding hydrogens is 368 g/mol. The van der Waals surface area contributed by atoms with E-state index in [0.717, 1.165) is 18.5 Å². The molecule has 0 spiro atoms. The van der Waals surface area contributed by atoms with Gasteiger partial charge in [-0.25, -0.2) is 8.42 Å². The summed E-state index contributed by atoms with van der Waals surface area (Å²) in [5, 5.41) is 8.49. The molecule has 0 N–H and O–H groups in total. The predicted molar refractivity (Wildman–Crippen MR) is 98.4 cm³/mol. The molecule has 8 nitrogen and oxygen atoms in total. The van der Waals surface area contributed by atoms with Crippen molar-refractivity contribution in [1.29, 1.82) is 0 Å². The van der Waals surface area contributed by atoms with Crippen molar-refractivity contribution < 1.29 is 17.9 Å². The fourth-order valence-corrected chi connectivity index (χ4v) is 5.35. The van der Waals surface area contributed by atoms with Gasteiger partial charge in [-0.2, -0.15) is 9.90 Å². The van der Waals surface area contributed by atoms with Crippen molar-refractivity contribution in [2.24, 2.45) is 0 Å². The minimum Gasteiger partial charge on any atom is -0.376 e. The van der Waals surface area contributed by atoms with Crippen LogP contribution in [0.5, 0.6) is 0 Å². The summed E-state index contributed by atoms with van der Waals surface area (Å²) < 4.78 is 29.5. The Morgan fingerprint density at radius 3 is 2.74 bits per heavy atom. The molecule has 0 aliphatic carbocycles. The topological polar surface area (TPSA) is 94.4 Å². The van der Waals surface area contributed by atoms with Crippen LogP contribution < -0.4 is 0 Å². The molecule has 2 unspecified atom stereocenters. The number of carbonyl (C=O) groups excluding carboxylic acids is 1. The van der Waals surface area contributed by atoms with E-state index in [-0.39, 0.29) is 35.3 Å². The summed E-state index contributed by atoms with van der Waals surface area (Å²) in [7, 11) is -3.10. The van der Waals surface area contributed by atoms with Crippen LogP contribution in [0, 0.1) is 0 Å². The highest BCUT2D eigenvalue weighted by atomic mass is 32.2. The molecule has 1 aromatic carbocycles. The van der Waals surface area contributed by atoms with Gasteiger partial charge in [-0.15, -0.1) is 5.10 Å². The van der Waals surface area contributed by atoms with Gasteiger partial charge in [0, 0.05) is 19.2 Å².